The molecule has 1 N–H and O–H groups in total. The van der Waals surface area contributed by atoms with E-state index in [1.165, 1.54) is 32.1 Å². The summed E-state index contributed by atoms with van der Waals surface area (Å²) in [4.78, 5) is 23.2. The molecule has 27 heavy (non-hydrogen) atoms. The predicted octanol–water partition coefficient (Wildman–Crippen LogP) is 5.88. The Balaban J connectivity index is 2.08. The highest BCUT2D eigenvalue weighted by molar-refractivity contribution is 5.77. The third-order valence-electron chi connectivity index (χ3n) is 4.55. The van der Waals surface area contributed by atoms with Crippen LogP contribution in [-0.4, -0.2) is 23.7 Å². The molecule has 0 aliphatic rings. The number of ether oxygens (including phenoxy) is 1. The van der Waals surface area contributed by atoms with Gasteiger partial charge in [-0.15, -0.1) is 0 Å². The first-order valence-electron chi connectivity index (χ1n) is 10.2. The molecule has 1 aromatic carbocycles. The lowest BCUT2D eigenvalue weighted by atomic mass is 10.0. The molecule has 1 aromatic rings. The van der Waals surface area contributed by atoms with Crippen molar-refractivity contribution in [3.63, 3.8) is 0 Å². The zero-order valence-corrected chi connectivity index (χ0v) is 16.6. The molecule has 0 saturated carbocycles. The number of hydrogen-bond donors (Lipinski definition) is 1. The molecule has 0 bridgehead atoms. The summed E-state index contributed by atoms with van der Waals surface area (Å²) < 4.78 is 5.18. The molecule has 4 nitrogen and oxygen atoms in total. The van der Waals surface area contributed by atoms with Crippen molar-refractivity contribution in [3.05, 3.63) is 48.0 Å². The highest BCUT2D eigenvalue weighted by Crippen LogP contribution is 2.17. The van der Waals surface area contributed by atoms with E-state index in [1.807, 2.05) is 6.07 Å². The van der Waals surface area contributed by atoms with Crippen molar-refractivity contribution in [2.45, 2.75) is 77.0 Å². The van der Waals surface area contributed by atoms with Crippen molar-refractivity contribution in [1.82, 2.24) is 0 Å². The van der Waals surface area contributed by atoms with Gasteiger partial charge < -0.3 is 9.84 Å². The van der Waals surface area contributed by atoms with Gasteiger partial charge in [-0.3, -0.25) is 9.59 Å². The summed E-state index contributed by atoms with van der Waals surface area (Å²) in [5.74, 6) is -2.09. The van der Waals surface area contributed by atoms with Crippen LogP contribution in [0.5, 0.6) is 0 Å². The van der Waals surface area contributed by atoms with E-state index in [2.05, 4.69) is 19.1 Å². The van der Waals surface area contributed by atoms with Crippen LogP contribution in [0.4, 0.5) is 0 Å². The number of carbonyl (C=O) groups excluding carboxylic acids is 1. The molecule has 0 amide bonds. The quantitative estimate of drug-likeness (QED) is 0.237. The summed E-state index contributed by atoms with van der Waals surface area (Å²) in [6.45, 7) is 2.10. The highest BCUT2D eigenvalue weighted by Gasteiger charge is 2.21. The van der Waals surface area contributed by atoms with Gasteiger partial charge in [0.1, 0.15) is 12.5 Å². The zero-order chi connectivity index (χ0) is 19.7. The van der Waals surface area contributed by atoms with Gasteiger partial charge >= 0.3 is 11.9 Å². The summed E-state index contributed by atoms with van der Waals surface area (Å²) in [5, 5.41) is 9.32. The number of benzene rings is 1. The van der Waals surface area contributed by atoms with Crippen LogP contribution in [0.15, 0.2) is 42.5 Å². The summed E-state index contributed by atoms with van der Waals surface area (Å²) in [6.07, 6.45) is 15.1. The Kier molecular flexibility index (Phi) is 12.7. The van der Waals surface area contributed by atoms with Crippen LogP contribution < -0.4 is 0 Å². The van der Waals surface area contributed by atoms with Crippen molar-refractivity contribution >= 4 is 11.9 Å². The summed E-state index contributed by atoms with van der Waals surface area (Å²) in [7, 11) is 0. The summed E-state index contributed by atoms with van der Waals surface area (Å²) in [5.41, 5.74) is 0.654. The second-order valence-electron chi connectivity index (χ2n) is 6.90. The van der Waals surface area contributed by atoms with Gasteiger partial charge in [0.2, 0.25) is 0 Å². The first kappa shape index (κ1) is 22.9. The molecule has 1 unspecified atom stereocenters. The molecule has 0 aliphatic heterocycles. The van der Waals surface area contributed by atoms with Gasteiger partial charge in [-0.1, -0.05) is 81.5 Å². The Morgan fingerprint density at radius 3 is 2.26 bits per heavy atom. The Hall–Kier alpha value is -2.10. The third kappa shape index (κ3) is 11.3. The van der Waals surface area contributed by atoms with Crippen LogP contribution in [0.25, 0.3) is 0 Å². The Bertz CT molecular complexity index is 551. The monoisotopic (exact) mass is 374 g/mol. The van der Waals surface area contributed by atoms with E-state index in [1.54, 1.807) is 24.3 Å². The molecule has 0 radical (unpaired) electrons. The first-order chi connectivity index (χ1) is 13.1. The van der Waals surface area contributed by atoms with Crippen molar-refractivity contribution < 1.29 is 19.4 Å². The lowest BCUT2D eigenvalue weighted by Gasteiger charge is -2.13. The van der Waals surface area contributed by atoms with Gasteiger partial charge in [0.15, 0.2) is 0 Å². The first-order valence-corrected chi connectivity index (χ1v) is 10.2. The molecule has 0 heterocycles. The largest absolute Gasteiger partial charge is 0.481 e. The molecule has 0 fully saturated rings. The van der Waals surface area contributed by atoms with Crippen LogP contribution >= 0.6 is 0 Å². The van der Waals surface area contributed by atoms with E-state index in [-0.39, 0.29) is 12.6 Å². The van der Waals surface area contributed by atoms with E-state index in [9.17, 15) is 14.7 Å². The molecule has 150 valence electrons. The lowest BCUT2D eigenvalue weighted by Crippen LogP contribution is -2.20. The fourth-order valence-corrected chi connectivity index (χ4v) is 2.86. The molecular weight excluding hydrogens is 340 g/mol. The van der Waals surface area contributed by atoms with Crippen molar-refractivity contribution in [1.29, 1.82) is 0 Å². The summed E-state index contributed by atoms with van der Waals surface area (Å²) >= 11 is 0. The lowest BCUT2D eigenvalue weighted by molar-refractivity contribution is -0.148. The predicted molar refractivity (Wildman–Crippen MR) is 109 cm³/mol. The minimum absolute atomic E-state index is 0.109. The molecule has 1 atom stereocenters. The Labute approximate surface area is 163 Å². The molecule has 4 heteroatoms. The van der Waals surface area contributed by atoms with Gasteiger partial charge in [0.05, 0.1) is 0 Å². The topological polar surface area (TPSA) is 63.6 Å². The molecule has 0 saturated heterocycles. The van der Waals surface area contributed by atoms with Gasteiger partial charge in [-0.25, -0.2) is 0 Å². The molecule has 0 spiro atoms. The van der Waals surface area contributed by atoms with E-state index in [0.29, 0.717) is 12.0 Å². The van der Waals surface area contributed by atoms with Crippen molar-refractivity contribution in [2.24, 2.45) is 0 Å². The maximum absolute atomic E-state index is 11.8. The normalized spacial score (nSPS) is 12.2. The fraction of sp³-hybridized carbons (Fsp3) is 0.565. The number of aliphatic carboxylic acids is 1. The van der Waals surface area contributed by atoms with Crippen LogP contribution in [-0.2, 0) is 14.3 Å². The molecule has 0 aliphatic carbocycles. The highest BCUT2D eigenvalue weighted by atomic mass is 16.5. The van der Waals surface area contributed by atoms with Crippen molar-refractivity contribution in [2.75, 3.05) is 6.61 Å². The minimum Gasteiger partial charge on any atom is -0.481 e. The maximum Gasteiger partial charge on any atom is 0.314 e. The number of unbranched alkanes of at least 4 members (excludes halogenated alkanes) is 7. The third-order valence-corrected chi connectivity index (χ3v) is 4.55. The smallest absolute Gasteiger partial charge is 0.314 e. The van der Waals surface area contributed by atoms with E-state index < -0.39 is 11.9 Å². The van der Waals surface area contributed by atoms with E-state index in [4.69, 9.17) is 4.74 Å². The average Bonchev–Trinajstić information content (AvgIpc) is 2.67. The Morgan fingerprint density at radius 2 is 1.59 bits per heavy atom. The number of hydrogen-bond acceptors (Lipinski definition) is 3. The van der Waals surface area contributed by atoms with Crippen LogP contribution in [0, 0.1) is 0 Å². The average molecular weight is 375 g/mol. The van der Waals surface area contributed by atoms with Crippen LogP contribution in [0.1, 0.15) is 82.6 Å². The number of carbonyl (C=O) groups is 2. The molecule has 1 rings (SSSR count). The van der Waals surface area contributed by atoms with Gasteiger partial charge in [-0.2, -0.15) is 0 Å². The number of rotatable bonds is 15. The standard InChI is InChI=1S/C23H34O4/c1-2-3-4-5-6-7-8-9-10-11-15-18-22(24)27-19-21(23(25)26)20-16-13-12-14-17-20/h5-6,12-14,16-17,21H,2-4,7-11,15,18-19H2,1H3,(H,25,26)/b6-5-. The van der Waals surface area contributed by atoms with Gasteiger partial charge in [0.25, 0.3) is 0 Å². The molecule has 0 aromatic heterocycles. The zero-order valence-electron chi connectivity index (χ0n) is 16.6. The van der Waals surface area contributed by atoms with E-state index >= 15 is 0 Å². The molecular formula is C23H34O4. The van der Waals surface area contributed by atoms with Crippen molar-refractivity contribution in [3.8, 4) is 0 Å². The van der Waals surface area contributed by atoms with Crippen LogP contribution in [0.2, 0.25) is 0 Å². The summed E-state index contributed by atoms with van der Waals surface area (Å²) in [6, 6.07) is 8.89. The minimum atomic E-state index is -0.974. The second-order valence-corrected chi connectivity index (χ2v) is 6.90. The number of carboxylic acid groups (broad SMARTS) is 1. The number of carboxylic acids is 1. The number of esters is 1. The SMILES string of the molecule is CCCC/C=C\CCCCCCCC(=O)OCC(C(=O)O)c1ccccc1. The van der Waals surface area contributed by atoms with Gasteiger partial charge in [0, 0.05) is 6.42 Å². The second kappa shape index (κ2) is 15.0. The maximum atomic E-state index is 11.8. The Morgan fingerprint density at radius 1 is 0.963 bits per heavy atom. The van der Waals surface area contributed by atoms with E-state index in [0.717, 1.165) is 25.7 Å². The fourth-order valence-electron chi connectivity index (χ4n) is 2.86. The van der Waals surface area contributed by atoms with Gasteiger partial charge in [-0.05, 0) is 31.2 Å². The van der Waals surface area contributed by atoms with Crippen LogP contribution in [0.3, 0.4) is 0 Å². The number of allylic oxidation sites excluding steroid dienone is 2.